The SMILES string of the molecule is CC.CCCCCCN(C)CCCCCC. The first kappa shape index (κ1) is 18.3. The molecule has 0 fully saturated rings. The highest BCUT2D eigenvalue weighted by atomic mass is 15.1. The molecule has 0 aromatic heterocycles. The van der Waals surface area contributed by atoms with Crippen LogP contribution in [0.1, 0.15) is 79.1 Å². The first-order valence-electron chi connectivity index (χ1n) is 7.49. The second-order valence-electron chi connectivity index (χ2n) is 4.42. The van der Waals surface area contributed by atoms with E-state index in [0.717, 1.165) is 0 Å². The summed E-state index contributed by atoms with van der Waals surface area (Å²) in [6.07, 6.45) is 11.1. The normalized spacial score (nSPS) is 10.1. The van der Waals surface area contributed by atoms with Gasteiger partial charge in [-0.1, -0.05) is 66.2 Å². The summed E-state index contributed by atoms with van der Waals surface area (Å²) >= 11 is 0. The monoisotopic (exact) mass is 229 g/mol. The van der Waals surface area contributed by atoms with Gasteiger partial charge in [0.2, 0.25) is 0 Å². The minimum absolute atomic E-state index is 1.30. The molecule has 0 unspecified atom stereocenters. The molecule has 0 N–H and O–H groups in total. The van der Waals surface area contributed by atoms with Crippen LogP contribution in [0.15, 0.2) is 0 Å². The molecule has 16 heavy (non-hydrogen) atoms. The molecule has 1 nitrogen and oxygen atoms in total. The van der Waals surface area contributed by atoms with E-state index < -0.39 is 0 Å². The van der Waals surface area contributed by atoms with Crippen molar-refractivity contribution in [2.24, 2.45) is 0 Å². The van der Waals surface area contributed by atoms with Gasteiger partial charge in [0.05, 0.1) is 0 Å². The third kappa shape index (κ3) is 16.4. The molecule has 0 aliphatic carbocycles. The van der Waals surface area contributed by atoms with Crippen molar-refractivity contribution >= 4 is 0 Å². The summed E-state index contributed by atoms with van der Waals surface area (Å²) in [6.45, 7) is 11.1. The Balaban J connectivity index is 0. The van der Waals surface area contributed by atoms with E-state index in [4.69, 9.17) is 0 Å². The van der Waals surface area contributed by atoms with Gasteiger partial charge in [-0.05, 0) is 33.0 Å². The van der Waals surface area contributed by atoms with Crippen LogP contribution in [0.4, 0.5) is 0 Å². The van der Waals surface area contributed by atoms with E-state index in [-0.39, 0.29) is 0 Å². The molecule has 0 radical (unpaired) electrons. The van der Waals surface area contributed by atoms with Gasteiger partial charge in [-0.25, -0.2) is 0 Å². The molecule has 0 aliphatic rings. The molecule has 0 atom stereocenters. The van der Waals surface area contributed by atoms with Crippen LogP contribution >= 0.6 is 0 Å². The minimum Gasteiger partial charge on any atom is -0.306 e. The third-order valence-corrected chi connectivity index (χ3v) is 2.79. The Labute approximate surface area is 105 Å². The lowest BCUT2D eigenvalue weighted by Gasteiger charge is -2.15. The fourth-order valence-corrected chi connectivity index (χ4v) is 1.73. The summed E-state index contributed by atoms with van der Waals surface area (Å²) in [5.41, 5.74) is 0. The summed E-state index contributed by atoms with van der Waals surface area (Å²) in [7, 11) is 2.26. The standard InChI is InChI=1S/C13H29N.C2H6/c1-4-6-8-10-12-14(3)13-11-9-7-5-2;1-2/h4-13H2,1-3H3;1-2H3. The Kier molecular flexibility index (Phi) is 19.9. The molecule has 0 rings (SSSR count). The number of hydrogen-bond acceptors (Lipinski definition) is 1. The summed E-state index contributed by atoms with van der Waals surface area (Å²) in [6, 6.07) is 0. The molecule has 0 aromatic rings. The van der Waals surface area contributed by atoms with Crippen molar-refractivity contribution in [3.8, 4) is 0 Å². The van der Waals surface area contributed by atoms with E-state index in [0.29, 0.717) is 0 Å². The van der Waals surface area contributed by atoms with Crippen molar-refractivity contribution in [1.29, 1.82) is 0 Å². The molecule has 100 valence electrons. The van der Waals surface area contributed by atoms with Gasteiger partial charge in [-0.3, -0.25) is 0 Å². The van der Waals surface area contributed by atoms with Crippen LogP contribution in [-0.2, 0) is 0 Å². The molecule has 0 heterocycles. The lowest BCUT2D eigenvalue weighted by atomic mass is 10.2. The molecule has 0 aromatic carbocycles. The van der Waals surface area contributed by atoms with Gasteiger partial charge in [0.25, 0.3) is 0 Å². The minimum atomic E-state index is 1.30. The van der Waals surface area contributed by atoms with Gasteiger partial charge in [0.1, 0.15) is 0 Å². The predicted octanol–water partition coefficient (Wildman–Crippen LogP) is 5.11. The maximum atomic E-state index is 2.49. The lowest BCUT2D eigenvalue weighted by Crippen LogP contribution is -2.20. The lowest BCUT2D eigenvalue weighted by molar-refractivity contribution is 0.315. The molecule has 0 bridgehead atoms. The third-order valence-electron chi connectivity index (χ3n) is 2.79. The Hall–Kier alpha value is -0.0400. The number of unbranched alkanes of at least 4 members (excludes halogenated alkanes) is 6. The maximum Gasteiger partial charge on any atom is -0.00218 e. The Morgan fingerprint density at radius 2 is 1.00 bits per heavy atom. The van der Waals surface area contributed by atoms with Crippen molar-refractivity contribution in [2.45, 2.75) is 79.1 Å². The summed E-state index contributed by atoms with van der Waals surface area (Å²) in [5, 5.41) is 0. The van der Waals surface area contributed by atoms with Crippen molar-refractivity contribution < 1.29 is 0 Å². The van der Waals surface area contributed by atoms with Gasteiger partial charge in [0.15, 0.2) is 0 Å². The highest BCUT2D eigenvalue weighted by Crippen LogP contribution is 2.03. The zero-order valence-electron chi connectivity index (χ0n) is 12.5. The van der Waals surface area contributed by atoms with Crippen LogP contribution in [0.3, 0.4) is 0 Å². The fourth-order valence-electron chi connectivity index (χ4n) is 1.73. The highest BCUT2D eigenvalue weighted by molar-refractivity contribution is 4.52. The second-order valence-corrected chi connectivity index (χ2v) is 4.42. The predicted molar refractivity (Wildman–Crippen MR) is 77.1 cm³/mol. The quantitative estimate of drug-likeness (QED) is 0.471. The number of nitrogens with zero attached hydrogens (tertiary/aromatic N) is 1. The van der Waals surface area contributed by atoms with Gasteiger partial charge in [-0.2, -0.15) is 0 Å². The topological polar surface area (TPSA) is 3.24 Å². The molecule has 0 saturated carbocycles. The summed E-state index contributed by atoms with van der Waals surface area (Å²) in [4.78, 5) is 2.49. The maximum absolute atomic E-state index is 2.49. The van der Waals surface area contributed by atoms with Crippen LogP contribution in [0.2, 0.25) is 0 Å². The van der Waals surface area contributed by atoms with Crippen LogP contribution < -0.4 is 0 Å². The summed E-state index contributed by atoms with van der Waals surface area (Å²) < 4.78 is 0. The van der Waals surface area contributed by atoms with E-state index >= 15 is 0 Å². The molecule has 0 saturated heterocycles. The average Bonchev–Trinajstić information content (AvgIpc) is 2.33. The number of hydrogen-bond donors (Lipinski definition) is 0. The summed E-state index contributed by atoms with van der Waals surface area (Å²) in [5.74, 6) is 0. The zero-order chi connectivity index (χ0) is 12.6. The van der Waals surface area contributed by atoms with E-state index in [9.17, 15) is 0 Å². The van der Waals surface area contributed by atoms with E-state index in [1.165, 1.54) is 64.5 Å². The Bertz CT molecular complexity index is 89.6. The van der Waals surface area contributed by atoms with Gasteiger partial charge >= 0.3 is 0 Å². The van der Waals surface area contributed by atoms with Crippen LogP contribution in [0, 0.1) is 0 Å². The fraction of sp³-hybridized carbons (Fsp3) is 1.00. The van der Waals surface area contributed by atoms with Gasteiger partial charge < -0.3 is 4.90 Å². The van der Waals surface area contributed by atoms with Crippen molar-refractivity contribution in [3.63, 3.8) is 0 Å². The highest BCUT2D eigenvalue weighted by Gasteiger charge is 1.97. The zero-order valence-corrected chi connectivity index (χ0v) is 12.5. The molecule has 0 aliphatic heterocycles. The molecule has 1 heteroatoms. The van der Waals surface area contributed by atoms with Crippen molar-refractivity contribution in [2.75, 3.05) is 20.1 Å². The molecule has 0 amide bonds. The van der Waals surface area contributed by atoms with Gasteiger partial charge in [0, 0.05) is 0 Å². The van der Waals surface area contributed by atoms with E-state index in [1.54, 1.807) is 0 Å². The Morgan fingerprint density at radius 3 is 1.31 bits per heavy atom. The second kappa shape index (κ2) is 17.4. The first-order valence-corrected chi connectivity index (χ1v) is 7.49. The number of rotatable bonds is 10. The molecular formula is C15H35N. The van der Waals surface area contributed by atoms with Crippen molar-refractivity contribution in [3.05, 3.63) is 0 Å². The Morgan fingerprint density at radius 1 is 0.625 bits per heavy atom. The van der Waals surface area contributed by atoms with Gasteiger partial charge in [-0.15, -0.1) is 0 Å². The smallest absolute Gasteiger partial charge is 0.00218 e. The van der Waals surface area contributed by atoms with E-state index in [1.807, 2.05) is 13.8 Å². The van der Waals surface area contributed by atoms with Crippen LogP contribution in [0.25, 0.3) is 0 Å². The van der Waals surface area contributed by atoms with Crippen LogP contribution in [0.5, 0.6) is 0 Å². The average molecular weight is 229 g/mol. The van der Waals surface area contributed by atoms with Crippen LogP contribution in [-0.4, -0.2) is 25.0 Å². The van der Waals surface area contributed by atoms with E-state index in [2.05, 4.69) is 25.8 Å². The molecule has 0 spiro atoms. The first-order chi connectivity index (χ1) is 7.81. The van der Waals surface area contributed by atoms with Crippen molar-refractivity contribution in [1.82, 2.24) is 4.90 Å². The molecular weight excluding hydrogens is 194 g/mol. The largest absolute Gasteiger partial charge is 0.306 e.